The lowest BCUT2D eigenvalue weighted by atomic mass is 10.1. The Hall–Kier alpha value is -0.600. The third kappa shape index (κ3) is 5.10. The second-order valence-corrected chi connectivity index (χ2v) is 2.61. The molecule has 2 atom stereocenters. The fourth-order valence-corrected chi connectivity index (χ4v) is 0.988. The van der Waals surface area contributed by atoms with E-state index in [1.165, 1.54) is 0 Å². The van der Waals surface area contributed by atoms with E-state index in [0.29, 0.717) is 19.4 Å². The zero-order chi connectivity index (χ0) is 9.40. The zero-order valence-electron chi connectivity index (χ0n) is 7.66. The van der Waals surface area contributed by atoms with Crippen LogP contribution in [0.1, 0.15) is 19.8 Å². The summed E-state index contributed by atoms with van der Waals surface area (Å²) in [6.45, 7) is 9.65. The minimum absolute atomic E-state index is 0.0996. The first kappa shape index (κ1) is 11.4. The summed E-state index contributed by atoms with van der Waals surface area (Å²) >= 11 is 0. The van der Waals surface area contributed by atoms with E-state index in [9.17, 15) is 5.11 Å². The van der Waals surface area contributed by atoms with Crippen LogP contribution in [0.25, 0.3) is 0 Å². The highest BCUT2D eigenvalue weighted by Crippen LogP contribution is 2.07. The molecule has 0 saturated heterocycles. The van der Waals surface area contributed by atoms with Crippen molar-refractivity contribution in [1.82, 2.24) is 0 Å². The van der Waals surface area contributed by atoms with Crippen molar-refractivity contribution in [3.63, 3.8) is 0 Å². The summed E-state index contributed by atoms with van der Waals surface area (Å²) in [7, 11) is 0. The van der Waals surface area contributed by atoms with Crippen molar-refractivity contribution in [1.29, 1.82) is 0 Å². The minimum Gasteiger partial charge on any atom is -0.374 e. The van der Waals surface area contributed by atoms with Gasteiger partial charge in [-0.1, -0.05) is 12.2 Å². The summed E-state index contributed by atoms with van der Waals surface area (Å²) in [5, 5.41) is 11.2. The van der Waals surface area contributed by atoms with Gasteiger partial charge in [-0.15, -0.1) is 13.2 Å². The van der Waals surface area contributed by atoms with Crippen LogP contribution >= 0.6 is 0 Å². The fraction of sp³-hybridized carbons (Fsp3) is 0.600. The van der Waals surface area contributed by atoms with Gasteiger partial charge in [-0.25, -0.2) is 5.11 Å². The van der Waals surface area contributed by atoms with Crippen molar-refractivity contribution in [3.05, 3.63) is 25.3 Å². The lowest BCUT2D eigenvalue weighted by Crippen LogP contribution is -2.17. The van der Waals surface area contributed by atoms with Gasteiger partial charge in [0.1, 0.15) is 0 Å². The Kier molecular flexibility index (Phi) is 6.72. The normalized spacial score (nSPS) is 15.2. The standard InChI is InChI=1S/C10H17O2/c1-4-7-9(11)8-10(5-2)12-6-3/h4-5,9-10H,1-2,6-8H2,3H3. The molecule has 12 heavy (non-hydrogen) atoms. The molecule has 0 rings (SSSR count). The molecule has 0 aliphatic rings. The molecule has 2 unspecified atom stereocenters. The maximum Gasteiger partial charge on any atom is 0.0992 e. The molecule has 0 bridgehead atoms. The number of hydrogen-bond acceptors (Lipinski definition) is 1. The smallest absolute Gasteiger partial charge is 0.0992 e. The number of ether oxygens (including phenoxy) is 1. The summed E-state index contributed by atoms with van der Waals surface area (Å²) in [5.74, 6) is 0. The summed E-state index contributed by atoms with van der Waals surface area (Å²) in [6.07, 6.45) is 3.59. The molecule has 2 heteroatoms. The van der Waals surface area contributed by atoms with Crippen LogP contribution in [-0.2, 0) is 9.84 Å². The summed E-state index contributed by atoms with van der Waals surface area (Å²) in [6, 6.07) is 0. The third-order valence-corrected chi connectivity index (χ3v) is 1.57. The highest BCUT2D eigenvalue weighted by atomic mass is 16.5. The Morgan fingerprint density at radius 1 is 1.50 bits per heavy atom. The van der Waals surface area contributed by atoms with Gasteiger partial charge in [0, 0.05) is 13.0 Å². The summed E-state index contributed by atoms with van der Waals surface area (Å²) in [4.78, 5) is 0. The second kappa shape index (κ2) is 7.07. The molecule has 0 heterocycles. The molecule has 0 saturated carbocycles. The molecule has 2 nitrogen and oxygen atoms in total. The van der Waals surface area contributed by atoms with E-state index in [2.05, 4.69) is 13.2 Å². The van der Waals surface area contributed by atoms with Crippen LogP contribution in [0.15, 0.2) is 25.3 Å². The lowest BCUT2D eigenvalue weighted by Gasteiger charge is -2.14. The van der Waals surface area contributed by atoms with E-state index in [-0.39, 0.29) is 6.10 Å². The average Bonchev–Trinajstić information content (AvgIpc) is 2.04. The predicted molar refractivity (Wildman–Crippen MR) is 49.5 cm³/mol. The van der Waals surface area contributed by atoms with Gasteiger partial charge >= 0.3 is 0 Å². The van der Waals surface area contributed by atoms with Crippen LogP contribution in [0.5, 0.6) is 0 Å². The van der Waals surface area contributed by atoms with E-state index in [4.69, 9.17) is 4.74 Å². The largest absolute Gasteiger partial charge is 0.374 e. The van der Waals surface area contributed by atoms with Gasteiger partial charge in [-0.3, -0.25) is 0 Å². The Balaban J connectivity index is 3.67. The predicted octanol–water partition coefficient (Wildman–Crippen LogP) is 2.34. The van der Waals surface area contributed by atoms with Crippen molar-refractivity contribution in [3.8, 4) is 0 Å². The van der Waals surface area contributed by atoms with E-state index in [1.54, 1.807) is 12.2 Å². The van der Waals surface area contributed by atoms with Crippen LogP contribution < -0.4 is 0 Å². The van der Waals surface area contributed by atoms with Gasteiger partial charge in [-0.05, 0) is 13.3 Å². The van der Waals surface area contributed by atoms with Gasteiger partial charge in [0.15, 0.2) is 0 Å². The molecule has 0 N–H and O–H groups in total. The van der Waals surface area contributed by atoms with Gasteiger partial charge in [0.05, 0.1) is 12.2 Å². The van der Waals surface area contributed by atoms with Crippen LogP contribution in [0.2, 0.25) is 0 Å². The molecular weight excluding hydrogens is 152 g/mol. The Morgan fingerprint density at radius 3 is 2.58 bits per heavy atom. The van der Waals surface area contributed by atoms with Gasteiger partial charge in [0.2, 0.25) is 0 Å². The van der Waals surface area contributed by atoms with Gasteiger partial charge < -0.3 is 4.74 Å². The van der Waals surface area contributed by atoms with E-state index in [0.717, 1.165) is 0 Å². The Bertz CT molecular complexity index is 132. The molecular formula is C10H17O2. The summed E-state index contributed by atoms with van der Waals surface area (Å²) in [5.41, 5.74) is 0. The SMILES string of the molecule is C=CCC([O])CC(C=C)OCC. The van der Waals surface area contributed by atoms with Crippen molar-refractivity contribution >= 4 is 0 Å². The molecule has 0 aromatic carbocycles. The van der Waals surface area contributed by atoms with Crippen LogP contribution in [0.4, 0.5) is 0 Å². The molecule has 0 aliphatic carbocycles. The third-order valence-electron chi connectivity index (χ3n) is 1.57. The fourth-order valence-electron chi connectivity index (χ4n) is 0.988. The van der Waals surface area contributed by atoms with Crippen LogP contribution in [0, 0.1) is 0 Å². The molecule has 0 amide bonds. The van der Waals surface area contributed by atoms with Crippen molar-refractivity contribution in [2.24, 2.45) is 0 Å². The number of rotatable bonds is 7. The Morgan fingerprint density at radius 2 is 2.17 bits per heavy atom. The van der Waals surface area contributed by atoms with Gasteiger partial charge in [0.25, 0.3) is 0 Å². The molecule has 69 valence electrons. The molecule has 0 aliphatic heterocycles. The average molecular weight is 169 g/mol. The Labute approximate surface area is 74.6 Å². The van der Waals surface area contributed by atoms with Crippen molar-refractivity contribution < 1.29 is 9.84 Å². The van der Waals surface area contributed by atoms with Crippen molar-refractivity contribution in [2.45, 2.75) is 32.0 Å². The van der Waals surface area contributed by atoms with Gasteiger partial charge in [-0.2, -0.15) is 0 Å². The monoisotopic (exact) mass is 169 g/mol. The summed E-state index contributed by atoms with van der Waals surface area (Å²) < 4.78 is 5.26. The van der Waals surface area contributed by atoms with Crippen LogP contribution in [0.3, 0.4) is 0 Å². The first-order valence-corrected chi connectivity index (χ1v) is 4.25. The molecule has 1 radical (unpaired) electrons. The zero-order valence-corrected chi connectivity index (χ0v) is 7.66. The van der Waals surface area contributed by atoms with Crippen molar-refractivity contribution in [2.75, 3.05) is 6.61 Å². The first-order valence-electron chi connectivity index (χ1n) is 4.25. The second-order valence-electron chi connectivity index (χ2n) is 2.61. The quantitative estimate of drug-likeness (QED) is 0.538. The maximum absolute atomic E-state index is 11.2. The maximum atomic E-state index is 11.2. The number of hydrogen-bond donors (Lipinski definition) is 0. The lowest BCUT2D eigenvalue weighted by molar-refractivity contribution is 0.0183. The molecule has 0 aromatic rings. The van der Waals surface area contributed by atoms with E-state index >= 15 is 0 Å². The molecule has 0 spiro atoms. The van der Waals surface area contributed by atoms with Crippen LogP contribution in [-0.4, -0.2) is 18.8 Å². The van der Waals surface area contributed by atoms with E-state index < -0.39 is 6.10 Å². The molecule has 0 fully saturated rings. The highest BCUT2D eigenvalue weighted by Gasteiger charge is 2.11. The first-order chi connectivity index (χ1) is 5.74. The van der Waals surface area contributed by atoms with E-state index in [1.807, 2.05) is 6.92 Å². The highest BCUT2D eigenvalue weighted by molar-refractivity contribution is 4.84. The minimum atomic E-state index is -0.614. The topological polar surface area (TPSA) is 29.1 Å². The molecule has 0 aromatic heterocycles.